The van der Waals surface area contributed by atoms with E-state index in [0.29, 0.717) is 11.7 Å². The Hall–Kier alpha value is -0.410. The van der Waals surface area contributed by atoms with Crippen LogP contribution in [0.1, 0.15) is 85.0 Å². The molecule has 0 aromatic heterocycles. The zero-order valence-corrected chi connectivity index (χ0v) is 20.1. The molecule has 3 heteroatoms. The summed E-state index contributed by atoms with van der Waals surface area (Å²) in [5.74, 6) is 7.26. The van der Waals surface area contributed by atoms with E-state index in [1.165, 1.54) is 51.6 Å². The Kier molecular flexibility index (Phi) is 5.15. The molecule has 2 heterocycles. The van der Waals surface area contributed by atoms with Gasteiger partial charge in [0.2, 0.25) is 0 Å². The summed E-state index contributed by atoms with van der Waals surface area (Å²) < 4.78 is 0. The number of carbonyl (C=O) groups excluding carboxylic acids is 1. The number of nitrogens with zero attached hydrogens (tertiary/aromatic N) is 1. The lowest BCUT2D eigenvalue weighted by atomic mass is 9.51. The molecular weight excluding hydrogens is 382 g/mol. The summed E-state index contributed by atoms with van der Waals surface area (Å²) in [7, 11) is 0. The quantitative estimate of drug-likeness (QED) is 0.628. The molecule has 31 heavy (non-hydrogen) atoms. The van der Waals surface area contributed by atoms with Gasteiger partial charge in [0.1, 0.15) is 5.78 Å². The zero-order valence-electron chi connectivity index (χ0n) is 20.1. The fourth-order valence-electron chi connectivity index (χ4n) is 10.7. The van der Waals surface area contributed by atoms with Crippen LogP contribution >= 0.6 is 0 Å². The molecular formula is C28H45NO2. The molecule has 0 aromatic carbocycles. The van der Waals surface area contributed by atoms with Crippen LogP contribution in [0.5, 0.6) is 0 Å². The minimum atomic E-state index is -0.242. The fourth-order valence-corrected chi connectivity index (χ4v) is 10.7. The van der Waals surface area contributed by atoms with E-state index in [-0.39, 0.29) is 17.4 Å². The van der Waals surface area contributed by atoms with Crippen LogP contribution < -0.4 is 0 Å². The lowest BCUT2D eigenvalue weighted by molar-refractivity contribution is -0.145. The van der Waals surface area contributed by atoms with Crippen molar-refractivity contribution in [2.75, 3.05) is 13.1 Å². The molecule has 6 aliphatic rings. The van der Waals surface area contributed by atoms with Crippen LogP contribution in [0.15, 0.2) is 0 Å². The first kappa shape index (κ1) is 21.1. The lowest BCUT2D eigenvalue weighted by Crippen LogP contribution is -2.59. The van der Waals surface area contributed by atoms with Gasteiger partial charge in [-0.1, -0.05) is 27.2 Å². The van der Waals surface area contributed by atoms with Crippen LogP contribution in [-0.4, -0.2) is 41.0 Å². The number of Topliss-reactive ketones (excluding diaryl/α,β-unsaturated/α-hetero) is 1. The zero-order chi connectivity index (χ0) is 21.5. The van der Waals surface area contributed by atoms with E-state index in [4.69, 9.17) is 0 Å². The molecule has 2 aliphatic heterocycles. The molecule has 6 rings (SSSR count). The van der Waals surface area contributed by atoms with E-state index >= 15 is 0 Å². The van der Waals surface area contributed by atoms with Crippen molar-refractivity contribution in [1.82, 2.24) is 4.90 Å². The molecule has 1 unspecified atom stereocenters. The second-order valence-corrected chi connectivity index (χ2v) is 13.2. The van der Waals surface area contributed by atoms with Crippen LogP contribution in [0.4, 0.5) is 0 Å². The molecule has 0 radical (unpaired) electrons. The second kappa shape index (κ2) is 7.55. The average molecular weight is 428 g/mol. The van der Waals surface area contributed by atoms with Crippen LogP contribution in [-0.2, 0) is 4.79 Å². The van der Waals surface area contributed by atoms with Gasteiger partial charge in [-0.25, -0.2) is 0 Å². The van der Waals surface area contributed by atoms with E-state index in [1.54, 1.807) is 0 Å². The Balaban J connectivity index is 1.29. The van der Waals surface area contributed by atoms with Crippen molar-refractivity contribution in [3.8, 4) is 0 Å². The molecule has 0 bridgehead atoms. The van der Waals surface area contributed by atoms with Crippen molar-refractivity contribution in [2.24, 2.45) is 58.7 Å². The van der Waals surface area contributed by atoms with E-state index in [2.05, 4.69) is 25.7 Å². The predicted molar refractivity (Wildman–Crippen MR) is 123 cm³/mol. The molecule has 0 spiro atoms. The molecule has 174 valence electrons. The highest BCUT2D eigenvalue weighted by molar-refractivity contribution is 5.83. The first-order chi connectivity index (χ1) is 14.9. The van der Waals surface area contributed by atoms with Crippen molar-refractivity contribution in [3.05, 3.63) is 0 Å². The van der Waals surface area contributed by atoms with Gasteiger partial charge < -0.3 is 5.11 Å². The number of hydrogen-bond acceptors (Lipinski definition) is 3. The normalized spacial score (nSPS) is 56.8. The topological polar surface area (TPSA) is 40.5 Å². The third-order valence-corrected chi connectivity index (χ3v) is 12.0. The van der Waals surface area contributed by atoms with Crippen molar-refractivity contribution in [2.45, 2.75) is 97.1 Å². The molecule has 1 N–H and O–H groups in total. The number of ketones is 1. The SMILES string of the molecule is CCC1[C@H]2CC[C@H]3[C@H](C[C@@H]4[C@@H]3CC(=O)[C@@H]3C[C@H](O)CC[C@@]43C)[C@H]2CN2C[C@H](C)CC[C@H]12. The maximum Gasteiger partial charge on any atom is 0.136 e. The summed E-state index contributed by atoms with van der Waals surface area (Å²) >= 11 is 0. The van der Waals surface area contributed by atoms with Crippen LogP contribution in [0.3, 0.4) is 0 Å². The number of fused-ring (bicyclic) bond motifs is 8. The maximum atomic E-state index is 13.3. The number of piperidine rings is 2. The van der Waals surface area contributed by atoms with E-state index in [1.807, 2.05) is 0 Å². The number of carbonyl (C=O) groups is 1. The summed E-state index contributed by atoms with van der Waals surface area (Å²) in [4.78, 5) is 16.2. The first-order valence-electron chi connectivity index (χ1n) is 13.9. The highest BCUT2D eigenvalue weighted by Crippen LogP contribution is 2.66. The standard InChI is InChI=1S/C28H45NO2/c1-4-18-19-6-7-20-21(23(19)15-29-14-16(2)5-8-26(18)29)12-24-22(20)13-27(31)25-11-17(30)9-10-28(24,25)3/h16-26,30H,4-15H2,1-3H3/t16-,17-,18?,19-,20+,21+,22-,23+,24-,25+,26-,28+/m1/s1. The van der Waals surface area contributed by atoms with Crippen molar-refractivity contribution >= 4 is 5.78 Å². The molecule has 4 aliphatic carbocycles. The van der Waals surface area contributed by atoms with Crippen LogP contribution in [0.25, 0.3) is 0 Å². The Morgan fingerprint density at radius 1 is 0.968 bits per heavy atom. The number of aliphatic hydroxyl groups is 1. The van der Waals surface area contributed by atoms with E-state index in [9.17, 15) is 9.90 Å². The summed E-state index contributed by atoms with van der Waals surface area (Å²) in [6.45, 7) is 10.0. The summed E-state index contributed by atoms with van der Waals surface area (Å²) in [6.07, 6.45) is 11.7. The Bertz CT molecular complexity index is 722. The number of rotatable bonds is 1. The molecule has 4 saturated carbocycles. The highest BCUT2D eigenvalue weighted by atomic mass is 16.3. The second-order valence-electron chi connectivity index (χ2n) is 13.2. The summed E-state index contributed by atoms with van der Waals surface area (Å²) in [5.41, 5.74) is 0.160. The third kappa shape index (κ3) is 3.07. The fraction of sp³-hybridized carbons (Fsp3) is 0.964. The van der Waals surface area contributed by atoms with Gasteiger partial charge in [-0.15, -0.1) is 0 Å². The monoisotopic (exact) mass is 427 g/mol. The van der Waals surface area contributed by atoms with Crippen molar-refractivity contribution < 1.29 is 9.90 Å². The Labute approximate surface area is 189 Å². The summed E-state index contributed by atoms with van der Waals surface area (Å²) in [5, 5.41) is 10.3. The molecule has 12 atom stereocenters. The van der Waals surface area contributed by atoms with Gasteiger partial charge in [0.25, 0.3) is 0 Å². The molecule has 0 aromatic rings. The van der Waals surface area contributed by atoms with Gasteiger partial charge in [0.15, 0.2) is 0 Å². The van der Waals surface area contributed by atoms with Crippen LogP contribution in [0.2, 0.25) is 0 Å². The maximum absolute atomic E-state index is 13.3. The third-order valence-electron chi connectivity index (χ3n) is 12.0. The lowest BCUT2D eigenvalue weighted by Gasteiger charge is -2.57. The number of hydrogen-bond donors (Lipinski definition) is 1. The number of aliphatic hydroxyl groups excluding tert-OH is 1. The van der Waals surface area contributed by atoms with E-state index in [0.717, 1.165) is 73.2 Å². The van der Waals surface area contributed by atoms with Gasteiger partial charge in [-0.2, -0.15) is 0 Å². The van der Waals surface area contributed by atoms with Gasteiger partial charge in [-0.05, 0) is 104 Å². The van der Waals surface area contributed by atoms with Crippen LogP contribution in [0, 0.1) is 58.7 Å². The van der Waals surface area contributed by atoms with Crippen molar-refractivity contribution in [3.63, 3.8) is 0 Å². The smallest absolute Gasteiger partial charge is 0.136 e. The van der Waals surface area contributed by atoms with Gasteiger partial charge >= 0.3 is 0 Å². The molecule has 2 saturated heterocycles. The molecule has 0 amide bonds. The average Bonchev–Trinajstić information content (AvgIpc) is 3.13. The van der Waals surface area contributed by atoms with E-state index < -0.39 is 0 Å². The Morgan fingerprint density at radius 2 is 1.77 bits per heavy atom. The Morgan fingerprint density at radius 3 is 2.58 bits per heavy atom. The minimum Gasteiger partial charge on any atom is -0.393 e. The predicted octanol–water partition coefficient (Wildman–Crippen LogP) is 5.16. The summed E-state index contributed by atoms with van der Waals surface area (Å²) in [6, 6.07) is 0.853. The molecule has 6 fully saturated rings. The minimum absolute atomic E-state index is 0.135. The van der Waals surface area contributed by atoms with Gasteiger partial charge in [0.05, 0.1) is 6.10 Å². The van der Waals surface area contributed by atoms with Crippen molar-refractivity contribution in [1.29, 1.82) is 0 Å². The largest absolute Gasteiger partial charge is 0.393 e. The van der Waals surface area contributed by atoms with Gasteiger partial charge in [-0.3, -0.25) is 9.69 Å². The highest BCUT2D eigenvalue weighted by Gasteiger charge is 2.62. The van der Waals surface area contributed by atoms with Gasteiger partial charge in [0, 0.05) is 31.5 Å². The first-order valence-corrected chi connectivity index (χ1v) is 13.9. The molecule has 3 nitrogen and oxygen atoms in total.